The summed E-state index contributed by atoms with van der Waals surface area (Å²) in [7, 11) is 0. The summed E-state index contributed by atoms with van der Waals surface area (Å²) in [6.07, 6.45) is 2.05. The molecule has 1 aliphatic heterocycles. The smallest absolute Gasteiger partial charge is 0.237 e. The van der Waals surface area contributed by atoms with E-state index in [1.165, 1.54) is 0 Å². The van der Waals surface area contributed by atoms with E-state index in [-0.39, 0.29) is 11.2 Å². The molecular formula is C11H13ClN2OS. The Labute approximate surface area is 104 Å². The van der Waals surface area contributed by atoms with E-state index in [2.05, 4.69) is 5.32 Å². The number of carbonyl (C=O) groups is 1. The van der Waals surface area contributed by atoms with Gasteiger partial charge in [0.2, 0.25) is 5.91 Å². The van der Waals surface area contributed by atoms with Crippen LogP contribution in [0.15, 0.2) is 18.2 Å². The molecule has 0 aromatic heterocycles. The highest BCUT2D eigenvalue weighted by Gasteiger charge is 2.23. The molecule has 3 N–H and O–H groups in total. The van der Waals surface area contributed by atoms with Crippen molar-refractivity contribution < 1.29 is 4.79 Å². The van der Waals surface area contributed by atoms with Crippen molar-refractivity contribution in [3.8, 4) is 0 Å². The van der Waals surface area contributed by atoms with Crippen molar-refractivity contribution in [2.75, 3.05) is 16.8 Å². The van der Waals surface area contributed by atoms with Gasteiger partial charge in [-0.2, -0.15) is 0 Å². The van der Waals surface area contributed by atoms with Gasteiger partial charge < -0.3 is 11.1 Å². The summed E-state index contributed by atoms with van der Waals surface area (Å²) in [4.78, 5) is 11.8. The predicted molar refractivity (Wildman–Crippen MR) is 70.0 cm³/mol. The lowest BCUT2D eigenvalue weighted by Crippen LogP contribution is -2.23. The normalized spacial score (nSPS) is 19.7. The molecule has 5 heteroatoms. The number of halogens is 1. The van der Waals surface area contributed by atoms with Gasteiger partial charge in [0.15, 0.2) is 0 Å². The number of amides is 1. The summed E-state index contributed by atoms with van der Waals surface area (Å²) in [5.41, 5.74) is 6.83. The maximum Gasteiger partial charge on any atom is 0.237 e. The number of thioether (sulfide) groups is 1. The molecule has 1 unspecified atom stereocenters. The Hall–Kier alpha value is -0.870. The molecule has 16 heavy (non-hydrogen) atoms. The molecule has 1 amide bonds. The SMILES string of the molecule is Nc1ccc(Cl)c(NC(=O)C2CCCS2)c1. The molecule has 0 aliphatic carbocycles. The minimum Gasteiger partial charge on any atom is -0.399 e. The lowest BCUT2D eigenvalue weighted by atomic mass is 10.2. The highest BCUT2D eigenvalue weighted by Crippen LogP contribution is 2.29. The largest absolute Gasteiger partial charge is 0.399 e. The number of hydrogen-bond donors (Lipinski definition) is 2. The maximum absolute atomic E-state index is 11.8. The first-order chi connectivity index (χ1) is 7.66. The van der Waals surface area contributed by atoms with E-state index in [1.807, 2.05) is 0 Å². The zero-order valence-electron chi connectivity index (χ0n) is 8.70. The van der Waals surface area contributed by atoms with Gasteiger partial charge in [-0.25, -0.2) is 0 Å². The first-order valence-electron chi connectivity index (χ1n) is 5.14. The fourth-order valence-corrected chi connectivity index (χ4v) is 2.96. The molecule has 1 saturated heterocycles. The van der Waals surface area contributed by atoms with Crippen LogP contribution < -0.4 is 11.1 Å². The molecule has 0 spiro atoms. The maximum atomic E-state index is 11.8. The van der Waals surface area contributed by atoms with Gasteiger partial charge in [-0.1, -0.05) is 11.6 Å². The number of hydrogen-bond acceptors (Lipinski definition) is 3. The Balaban J connectivity index is 2.07. The van der Waals surface area contributed by atoms with Crippen molar-refractivity contribution in [1.82, 2.24) is 0 Å². The molecule has 1 atom stereocenters. The van der Waals surface area contributed by atoms with Crippen LogP contribution in [-0.2, 0) is 4.79 Å². The molecule has 1 heterocycles. The van der Waals surface area contributed by atoms with Crippen LogP contribution in [0.1, 0.15) is 12.8 Å². The van der Waals surface area contributed by atoms with E-state index in [0.717, 1.165) is 18.6 Å². The van der Waals surface area contributed by atoms with Crippen LogP contribution in [0.5, 0.6) is 0 Å². The Bertz CT molecular complexity index is 405. The van der Waals surface area contributed by atoms with Gasteiger partial charge in [-0.05, 0) is 36.8 Å². The Morgan fingerprint density at radius 1 is 1.56 bits per heavy atom. The molecule has 3 nitrogen and oxygen atoms in total. The van der Waals surface area contributed by atoms with Crippen LogP contribution in [0, 0.1) is 0 Å². The van der Waals surface area contributed by atoms with E-state index >= 15 is 0 Å². The molecule has 2 rings (SSSR count). The summed E-state index contributed by atoms with van der Waals surface area (Å²) >= 11 is 7.66. The summed E-state index contributed by atoms with van der Waals surface area (Å²) < 4.78 is 0. The molecule has 0 radical (unpaired) electrons. The fourth-order valence-electron chi connectivity index (χ4n) is 1.64. The number of carbonyl (C=O) groups excluding carboxylic acids is 1. The molecule has 0 saturated carbocycles. The monoisotopic (exact) mass is 256 g/mol. The summed E-state index contributed by atoms with van der Waals surface area (Å²) in [5, 5.41) is 3.39. The Kier molecular flexibility index (Phi) is 3.61. The van der Waals surface area contributed by atoms with E-state index in [1.54, 1.807) is 30.0 Å². The van der Waals surface area contributed by atoms with Crippen LogP contribution in [-0.4, -0.2) is 16.9 Å². The molecule has 86 valence electrons. The summed E-state index contributed by atoms with van der Waals surface area (Å²) in [6, 6.07) is 5.08. The minimum absolute atomic E-state index is 0.0231. The van der Waals surface area contributed by atoms with E-state index in [4.69, 9.17) is 17.3 Å². The third kappa shape index (κ3) is 2.62. The average Bonchev–Trinajstić information content (AvgIpc) is 2.76. The zero-order valence-corrected chi connectivity index (χ0v) is 10.3. The number of nitrogens with one attached hydrogen (secondary N) is 1. The van der Waals surface area contributed by atoms with E-state index in [9.17, 15) is 4.79 Å². The first kappa shape index (κ1) is 11.6. The van der Waals surface area contributed by atoms with Crippen molar-refractivity contribution in [3.05, 3.63) is 23.2 Å². The van der Waals surface area contributed by atoms with Crippen LogP contribution in [0.4, 0.5) is 11.4 Å². The third-order valence-corrected chi connectivity index (χ3v) is 4.18. The lowest BCUT2D eigenvalue weighted by molar-refractivity contribution is -0.115. The predicted octanol–water partition coefficient (Wildman–Crippen LogP) is 2.76. The second-order valence-corrected chi connectivity index (χ2v) is 5.45. The highest BCUT2D eigenvalue weighted by atomic mass is 35.5. The number of anilines is 2. The van der Waals surface area contributed by atoms with Gasteiger partial charge in [-0.3, -0.25) is 4.79 Å². The van der Waals surface area contributed by atoms with Crippen LogP contribution >= 0.6 is 23.4 Å². The van der Waals surface area contributed by atoms with Gasteiger partial charge in [0.1, 0.15) is 0 Å². The molecular weight excluding hydrogens is 244 g/mol. The number of nitrogens with two attached hydrogens (primary N) is 1. The van der Waals surface area contributed by atoms with Gasteiger partial charge >= 0.3 is 0 Å². The van der Waals surface area contributed by atoms with Gasteiger partial charge in [0, 0.05) is 5.69 Å². The van der Waals surface area contributed by atoms with Crippen molar-refractivity contribution in [3.63, 3.8) is 0 Å². The molecule has 1 aliphatic rings. The lowest BCUT2D eigenvalue weighted by Gasteiger charge is -2.11. The Morgan fingerprint density at radius 2 is 2.38 bits per heavy atom. The van der Waals surface area contributed by atoms with Crippen molar-refractivity contribution in [1.29, 1.82) is 0 Å². The van der Waals surface area contributed by atoms with Crippen molar-refractivity contribution in [2.45, 2.75) is 18.1 Å². The topological polar surface area (TPSA) is 55.1 Å². The van der Waals surface area contributed by atoms with E-state index < -0.39 is 0 Å². The second-order valence-electron chi connectivity index (χ2n) is 3.73. The molecule has 1 aromatic carbocycles. The van der Waals surface area contributed by atoms with Crippen molar-refractivity contribution in [2.24, 2.45) is 0 Å². The average molecular weight is 257 g/mol. The van der Waals surface area contributed by atoms with Crippen LogP contribution in [0.2, 0.25) is 5.02 Å². The summed E-state index contributed by atoms with van der Waals surface area (Å²) in [6.45, 7) is 0. The quantitative estimate of drug-likeness (QED) is 0.800. The number of nitrogen functional groups attached to an aromatic ring is 1. The number of rotatable bonds is 2. The first-order valence-corrected chi connectivity index (χ1v) is 6.57. The van der Waals surface area contributed by atoms with Crippen LogP contribution in [0.25, 0.3) is 0 Å². The van der Waals surface area contributed by atoms with Gasteiger partial charge in [0.25, 0.3) is 0 Å². The fraction of sp³-hybridized carbons (Fsp3) is 0.364. The number of benzene rings is 1. The van der Waals surface area contributed by atoms with Gasteiger partial charge in [-0.15, -0.1) is 11.8 Å². The standard InChI is InChI=1S/C11H13ClN2OS/c12-8-4-3-7(13)6-9(8)14-11(15)10-2-1-5-16-10/h3-4,6,10H,1-2,5,13H2,(H,14,15). The van der Waals surface area contributed by atoms with Gasteiger partial charge in [0.05, 0.1) is 16.0 Å². The molecule has 1 fully saturated rings. The second kappa shape index (κ2) is 4.97. The third-order valence-electron chi connectivity index (χ3n) is 2.47. The Morgan fingerprint density at radius 3 is 3.06 bits per heavy atom. The zero-order chi connectivity index (χ0) is 11.5. The highest BCUT2D eigenvalue weighted by molar-refractivity contribution is 8.00. The summed E-state index contributed by atoms with van der Waals surface area (Å²) in [5.74, 6) is 1.08. The molecule has 0 bridgehead atoms. The minimum atomic E-state index is 0.0231. The van der Waals surface area contributed by atoms with E-state index in [0.29, 0.717) is 16.4 Å². The van der Waals surface area contributed by atoms with Crippen molar-refractivity contribution >= 4 is 40.6 Å². The van der Waals surface area contributed by atoms with Crippen LogP contribution in [0.3, 0.4) is 0 Å². The molecule has 1 aromatic rings.